The quantitative estimate of drug-likeness (QED) is 0.284. The zero-order valence-electron chi connectivity index (χ0n) is 16.2. The first-order chi connectivity index (χ1) is 14.4. The number of nitrogens with one attached hydrogen (secondary N) is 3. The van der Waals surface area contributed by atoms with Crippen molar-refractivity contribution in [2.45, 2.75) is 18.7 Å². The summed E-state index contributed by atoms with van der Waals surface area (Å²) in [5.74, 6) is 0.722. The van der Waals surface area contributed by atoms with Crippen LogP contribution in [0.1, 0.15) is 11.3 Å². The molecular formula is C21H18ClFN6S. The van der Waals surface area contributed by atoms with Crippen LogP contribution in [0.15, 0.2) is 53.6 Å². The molecule has 30 heavy (non-hydrogen) atoms. The van der Waals surface area contributed by atoms with Crippen LogP contribution in [0.4, 0.5) is 27.7 Å². The molecule has 0 saturated heterocycles. The van der Waals surface area contributed by atoms with Crippen molar-refractivity contribution in [1.82, 2.24) is 20.2 Å². The monoisotopic (exact) mass is 440 g/mol. The first-order valence-corrected chi connectivity index (χ1v) is 9.90. The lowest BCUT2D eigenvalue weighted by Gasteiger charge is -2.13. The van der Waals surface area contributed by atoms with E-state index in [1.54, 1.807) is 6.07 Å². The molecule has 152 valence electrons. The molecule has 3 N–H and O–H groups in total. The summed E-state index contributed by atoms with van der Waals surface area (Å²) in [6.45, 7) is 3.80. The third-order valence-corrected chi connectivity index (χ3v) is 5.01. The number of hydrogen-bond acceptors (Lipinski definition) is 6. The Balaban J connectivity index is 1.60. The fourth-order valence-electron chi connectivity index (χ4n) is 2.97. The van der Waals surface area contributed by atoms with Gasteiger partial charge in [0, 0.05) is 16.7 Å². The van der Waals surface area contributed by atoms with Crippen LogP contribution in [0.25, 0.3) is 11.1 Å². The third-order valence-electron chi connectivity index (χ3n) is 4.44. The molecule has 2 aromatic heterocycles. The lowest BCUT2D eigenvalue weighted by atomic mass is 10.00. The number of aryl methyl sites for hydroxylation is 2. The van der Waals surface area contributed by atoms with Crippen LogP contribution < -0.4 is 10.6 Å². The average Bonchev–Trinajstić information content (AvgIpc) is 3.12. The molecule has 9 heteroatoms. The summed E-state index contributed by atoms with van der Waals surface area (Å²) in [4.78, 5) is 9.33. The van der Waals surface area contributed by atoms with Gasteiger partial charge in [-0.2, -0.15) is 10.1 Å². The Labute approximate surface area is 183 Å². The summed E-state index contributed by atoms with van der Waals surface area (Å²) in [5, 5.41) is 13.2. The number of aromatic amines is 1. The number of hydrogen-bond donors (Lipinski definition) is 4. The minimum Gasteiger partial charge on any atom is -0.322 e. The topological polar surface area (TPSA) is 78.5 Å². The number of aromatic nitrogens is 4. The van der Waals surface area contributed by atoms with Gasteiger partial charge in [-0.1, -0.05) is 23.7 Å². The predicted octanol–water partition coefficient (Wildman–Crippen LogP) is 6.05. The van der Waals surface area contributed by atoms with Gasteiger partial charge in [0.2, 0.25) is 5.95 Å². The molecular weight excluding hydrogens is 423 g/mol. The van der Waals surface area contributed by atoms with Crippen molar-refractivity contribution >= 4 is 47.5 Å². The first kappa shape index (κ1) is 20.2. The van der Waals surface area contributed by atoms with E-state index in [-0.39, 0.29) is 11.6 Å². The molecule has 0 aliphatic heterocycles. The highest BCUT2D eigenvalue weighted by Gasteiger charge is 2.12. The van der Waals surface area contributed by atoms with Crippen molar-refractivity contribution in [3.05, 3.63) is 70.8 Å². The van der Waals surface area contributed by atoms with Gasteiger partial charge in [0.1, 0.15) is 10.8 Å². The highest BCUT2D eigenvalue weighted by Crippen LogP contribution is 2.31. The van der Waals surface area contributed by atoms with Crippen molar-refractivity contribution in [2.24, 2.45) is 0 Å². The number of halogens is 2. The predicted molar refractivity (Wildman–Crippen MR) is 121 cm³/mol. The van der Waals surface area contributed by atoms with Gasteiger partial charge in [-0.25, -0.2) is 9.37 Å². The second kappa shape index (κ2) is 8.33. The van der Waals surface area contributed by atoms with Crippen LogP contribution >= 0.6 is 24.2 Å². The molecule has 6 nitrogen and oxygen atoms in total. The molecule has 4 aromatic rings. The third kappa shape index (κ3) is 4.39. The zero-order chi connectivity index (χ0) is 21.3. The first-order valence-electron chi connectivity index (χ1n) is 9.07. The fourth-order valence-corrected chi connectivity index (χ4v) is 3.26. The van der Waals surface area contributed by atoms with Gasteiger partial charge in [0.15, 0.2) is 11.6 Å². The van der Waals surface area contributed by atoms with Crippen LogP contribution in [-0.2, 0) is 0 Å². The van der Waals surface area contributed by atoms with E-state index in [1.807, 2.05) is 44.2 Å². The largest absolute Gasteiger partial charge is 0.322 e. The number of thiol groups is 1. The number of anilines is 4. The lowest BCUT2D eigenvalue weighted by molar-refractivity contribution is 0.631. The second-order valence-electron chi connectivity index (χ2n) is 6.77. The summed E-state index contributed by atoms with van der Waals surface area (Å²) in [6, 6.07) is 12.6. The van der Waals surface area contributed by atoms with E-state index in [1.165, 1.54) is 12.3 Å². The molecule has 0 aliphatic rings. The van der Waals surface area contributed by atoms with E-state index < -0.39 is 5.82 Å². The van der Waals surface area contributed by atoms with E-state index in [2.05, 4.69) is 43.4 Å². The normalized spacial score (nSPS) is 10.8. The van der Waals surface area contributed by atoms with Crippen LogP contribution in [-0.4, -0.2) is 20.2 Å². The SMILES string of the molecule is Cc1cc(Nc2nc(Nc3cc(C)c(-c4ccc(S)cc4)cc3F)ncc2Cl)n[nH]1. The Kier molecular flexibility index (Phi) is 5.61. The van der Waals surface area contributed by atoms with E-state index >= 15 is 0 Å². The number of rotatable bonds is 5. The van der Waals surface area contributed by atoms with E-state index in [0.717, 1.165) is 27.3 Å². The standard InChI is InChI=1S/C21H18ClFN6S/c1-11-7-18(17(23)9-15(11)13-3-5-14(30)6-4-13)25-21-24-10-16(22)20(27-21)26-19-8-12(2)28-29-19/h3-10,30H,1-2H3,(H3,24,25,26,27,28,29). The number of nitrogens with zero attached hydrogens (tertiary/aromatic N) is 3. The molecule has 0 unspecified atom stereocenters. The molecule has 4 rings (SSSR count). The Morgan fingerprint density at radius 3 is 2.53 bits per heavy atom. The summed E-state index contributed by atoms with van der Waals surface area (Å²) in [5.41, 5.74) is 3.79. The second-order valence-corrected chi connectivity index (χ2v) is 7.69. The average molecular weight is 441 g/mol. The molecule has 0 fully saturated rings. The van der Waals surface area contributed by atoms with Crippen molar-refractivity contribution < 1.29 is 4.39 Å². The summed E-state index contributed by atoms with van der Waals surface area (Å²) < 4.78 is 14.8. The fraction of sp³-hybridized carbons (Fsp3) is 0.0952. The highest BCUT2D eigenvalue weighted by atomic mass is 35.5. The Hall–Kier alpha value is -3.10. The van der Waals surface area contributed by atoms with E-state index in [0.29, 0.717) is 16.7 Å². The van der Waals surface area contributed by atoms with E-state index in [9.17, 15) is 4.39 Å². The van der Waals surface area contributed by atoms with Gasteiger partial charge < -0.3 is 10.6 Å². The van der Waals surface area contributed by atoms with Gasteiger partial charge in [-0.15, -0.1) is 12.6 Å². The molecule has 0 amide bonds. The number of benzene rings is 2. The minimum absolute atomic E-state index is 0.208. The summed E-state index contributed by atoms with van der Waals surface area (Å²) >= 11 is 10.5. The number of H-pyrrole nitrogens is 1. The van der Waals surface area contributed by atoms with Crippen LogP contribution in [0.3, 0.4) is 0 Å². The summed E-state index contributed by atoms with van der Waals surface area (Å²) in [7, 11) is 0. The summed E-state index contributed by atoms with van der Waals surface area (Å²) in [6.07, 6.45) is 1.44. The molecule has 0 spiro atoms. The Morgan fingerprint density at radius 2 is 1.83 bits per heavy atom. The lowest BCUT2D eigenvalue weighted by Crippen LogP contribution is -2.03. The Bertz CT molecular complexity index is 1210. The van der Waals surface area contributed by atoms with Crippen LogP contribution in [0, 0.1) is 19.7 Å². The smallest absolute Gasteiger partial charge is 0.229 e. The highest BCUT2D eigenvalue weighted by molar-refractivity contribution is 7.80. The van der Waals surface area contributed by atoms with Gasteiger partial charge in [-0.05, 0) is 54.8 Å². The molecule has 2 heterocycles. The molecule has 0 radical (unpaired) electrons. The van der Waals surface area contributed by atoms with Crippen LogP contribution in [0.5, 0.6) is 0 Å². The van der Waals surface area contributed by atoms with Crippen molar-refractivity contribution in [2.75, 3.05) is 10.6 Å². The molecule has 0 atom stereocenters. The molecule has 2 aromatic carbocycles. The minimum atomic E-state index is -0.415. The van der Waals surface area contributed by atoms with Crippen molar-refractivity contribution in [3.8, 4) is 11.1 Å². The maximum absolute atomic E-state index is 14.8. The van der Waals surface area contributed by atoms with Crippen molar-refractivity contribution in [1.29, 1.82) is 0 Å². The van der Waals surface area contributed by atoms with Gasteiger partial charge in [-0.3, -0.25) is 5.10 Å². The maximum Gasteiger partial charge on any atom is 0.229 e. The Morgan fingerprint density at radius 1 is 1.07 bits per heavy atom. The van der Waals surface area contributed by atoms with Gasteiger partial charge in [0.05, 0.1) is 11.9 Å². The van der Waals surface area contributed by atoms with Gasteiger partial charge in [0.25, 0.3) is 0 Å². The van der Waals surface area contributed by atoms with Crippen LogP contribution in [0.2, 0.25) is 5.02 Å². The van der Waals surface area contributed by atoms with Gasteiger partial charge >= 0.3 is 0 Å². The van der Waals surface area contributed by atoms with Crippen molar-refractivity contribution in [3.63, 3.8) is 0 Å². The molecule has 0 bridgehead atoms. The zero-order valence-corrected chi connectivity index (χ0v) is 17.8. The molecule has 0 saturated carbocycles. The molecule has 0 aliphatic carbocycles. The maximum atomic E-state index is 14.8. The van der Waals surface area contributed by atoms with E-state index in [4.69, 9.17) is 11.6 Å².